The minimum Gasteiger partial charge on any atom is -0.370 e. The standard InChI is InChI=1S/C10H17N5O2/c1-5(2)8-13-9(15-14-8)10(17)12-6(3)4-7(11)16/h5-6H,4H2,1-3H3,(H2,11,16)(H,12,17)(H,13,14,15). The lowest BCUT2D eigenvalue weighted by atomic mass is 10.2. The highest BCUT2D eigenvalue weighted by atomic mass is 16.2. The summed E-state index contributed by atoms with van der Waals surface area (Å²) in [7, 11) is 0. The van der Waals surface area contributed by atoms with Gasteiger partial charge in [-0.1, -0.05) is 13.8 Å². The molecular formula is C10H17N5O2. The van der Waals surface area contributed by atoms with Crippen LogP contribution in [0, 0.1) is 0 Å². The van der Waals surface area contributed by atoms with Gasteiger partial charge < -0.3 is 11.1 Å². The number of rotatable bonds is 5. The Morgan fingerprint density at radius 1 is 1.41 bits per heavy atom. The minimum absolute atomic E-state index is 0.0741. The number of nitrogens with zero attached hydrogens (tertiary/aromatic N) is 2. The summed E-state index contributed by atoms with van der Waals surface area (Å²) in [6.07, 6.45) is 0.0905. The maximum Gasteiger partial charge on any atom is 0.291 e. The first-order chi connectivity index (χ1) is 7.90. The normalized spacial score (nSPS) is 12.5. The molecule has 7 nitrogen and oxygen atoms in total. The molecule has 1 aromatic heterocycles. The molecule has 0 radical (unpaired) electrons. The Hall–Kier alpha value is -1.92. The number of amides is 2. The molecule has 1 rings (SSSR count). The van der Waals surface area contributed by atoms with E-state index in [9.17, 15) is 9.59 Å². The number of carbonyl (C=O) groups is 2. The SMILES string of the molecule is CC(CC(N)=O)NC(=O)c1n[nH]c(C(C)C)n1. The lowest BCUT2D eigenvalue weighted by Crippen LogP contribution is -2.36. The Balaban J connectivity index is 2.60. The summed E-state index contributed by atoms with van der Waals surface area (Å²) in [5.41, 5.74) is 5.02. The fourth-order valence-corrected chi connectivity index (χ4v) is 1.28. The zero-order chi connectivity index (χ0) is 13.0. The number of hydrogen-bond donors (Lipinski definition) is 3. The first-order valence-electron chi connectivity index (χ1n) is 5.41. The van der Waals surface area contributed by atoms with Crippen LogP contribution >= 0.6 is 0 Å². The van der Waals surface area contributed by atoms with Crippen molar-refractivity contribution in [3.63, 3.8) is 0 Å². The second kappa shape index (κ2) is 5.42. The van der Waals surface area contributed by atoms with Crippen LogP contribution in [0.1, 0.15) is 49.6 Å². The van der Waals surface area contributed by atoms with Crippen LogP contribution < -0.4 is 11.1 Å². The Labute approximate surface area is 99.2 Å². The maximum atomic E-state index is 11.7. The molecule has 1 unspecified atom stereocenters. The Kier molecular flexibility index (Phi) is 4.19. The van der Waals surface area contributed by atoms with E-state index in [2.05, 4.69) is 20.5 Å². The van der Waals surface area contributed by atoms with Gasteiger partial charge in [0, 0.05) is 18.4 Å². The molecule has 0 aromatic carbocycles. The first kappa shape index (κ1) is 13.1. The third-order valence-corrected chi connectivity index (χ3v) is 2.14. The van der Waals surface area contributed by atoms with Gasteiger partial charge >= 0.3 is 0 Å². The van der Waals surface area contributed by atoms with Gasteiger partial charge in [-0.25, -0.2) is 4.98 Å². The third kappa shape index (κ3) is 3.86. The van der Waals surface area contributed by atoms with Crippen LogP contribution in [-0.4, -0.2) is 33.0 Å². The fourth-order valence-electron chi connectivity index (χ4n) is 1.28. The smallest absolute Gasteiger partial charge is 0.291 e. The molecule has 0 aliphatic carbocycles. The summed E-state index contributed by atoms with van der Waals surface area (Å²) in [6.45, 7) is 5.58. The number of primary amides is 1. The molecule has 94 valence electrons. The average molecular weight is 239 g/mol. The monoisotopic (exact) mass is 239 g/mol. The highest BCUT2D eigenvalue weighted by Crippen LogP contribution is 2.07. The van der Waals surface area contributed by atoms with E-state index >= 15 is 0 Å². The highest BCUT2D eigenvalue weighted by molar-refractivity contribution is 5.90. The predicted octanol–water partition coefficient (Wildman–Crippen LogP) is -0.0782. The van der Waals surface area contributed by atoms with E-state index in [1.165, 1.54) is 0 Å². The van der Waals surface area contributed by atoms with E-state index in [-0.39, 0.29) is 24.2 Å². The lowest BCUT2D eigenvalue weighted by Gasteiger charge is -2.09. The summed E-state index contributed by atoms with van der Waals surface area (Å²) >= 11 is 0. The largest absolute Gasteiger partial charge is 0.370 e. The molecule has 0 aliphatic heterocycles. The van der Waals surface area contributed by atoms with E-state index in [0.717, 1.165) is 0 Å². The Morgan fingerprint density at radius 2 is 2.06 bits per heavy atom. The van der Waals surface area contributed by atoms with Crippen LogP contribution in [0.3, 0.4) is 0 Å². The summed E-state index contributed by atoms with van der Waals surface area (Å²) in [6, 6.07) is -0.332. The van der Waals surface area contributed by atoms with Gasteiger partial charge in [-0.2, -0.15) is 0 Å². The van der Waals surface area contributed by atoms with Crippen molar-refractivity contribution in [1.82, 2.24) is 20.5 Å². The molecule has 0 bridgehead atoms. The molecule has 2 amide bonds. The minimum atomic E-state index is -0.462. The molecule has 0 fully saturated rings. The van der Waals surface area contributed by atoms with Crippen LogP contribution in [0.15, 0.2) is 0 Å². The van der Waals surface area contributed by atoms with Crippen LogP contribution in [-0.2, 0) is 4.79 Å². The molecule has 17 heavy (non-hydrogen) atoms. The number of nitrogens with two attached hydrogens (primary N) is 1. The van der Waals surface area contributed by atoms with Gasteiger partial charge in [0.25, 0.3) is 5.91 Å². The van der Waals surface area contributed by atoms with E-state index in [1.807, 2.05) is 13.8 Å². The van der Waals surface area contributed by atoms with Gasteiger partial charge in [0.15, 0.2) is 0 Å². The molecule has 0 saturated heterocycles. The zero-order valence-electron chi connectivity index (χ0n) is 10.2. The Bertz CT molecular complexity index is 413. The molecule has 0 spiro atoms. The van der Waals surface area contributed by atoms with Crippen molar-refractivity contribution < 1.29 is 9.59 Å². The molecule has 1 heterocycles. The summed E-state index contributed by atoms with van der Waals surface area (Å²) in [5.74, 6) is 0.0207. The van der Waals surface area contributed by atoms with Crippen LogP contribution in [0.25, 0.3) is 0 Å². The number of hydrogen-bond acceptors (Lipinski definition) is 4. The molecule has 7 heteroatoms. The number of H-pyrrole nitrogens is 1. The van der Waals surface area contributed by atoms with Crippen LogP contribution in [0.2, 0.25) is 0 Å². The quantitative estimate of drug-likeness (QED) is 0.666. The van der Waals surface area contributed by atoms with Gasteiger partial charge in [0.2, 0.25) is 11.7 Å². The van der Waals surface area contributed by atoms with E-state index < -0.39 is 11.8 Å². The van der Waals surface area contributed by atoms with Crippen LogP contribution in [0.4, 0.5) is 0 Å². The van der Waals surface area contributed by atoms with Crippen LogP contribution in [0.5, 0.6) is 0 Å². The van der Waals surface area contributed by atoms with Crippen molar-refractivity contribution in [2.24, 2.45) is 5.73 Å². The molecular weight excluding hydrogens is 222 g/mol. The number of aromatic amines is 1. The van der Waals surface area contributed by atoms with Gasteiger partial charge in [0.1, 0.15) is 5.82 Å². The second-order valence-corrected chi connectivity index (χ2v) is 4.24. The molecule has 0 saturated carbocycles. The molecule has 0 aliphatic rings. The van der Waals surface area contributed by atoms with Gasteiger partial charge in [-0.05, 0) is 6.92 Å². The topological polar surface area (TPSA) is 114 Å². The van der Waals surface area contributed by atoms with Gasteiger partial charge in [0.05, 0.1) is 0 Å². The van der Waals surface area contributed by atoms with Crippen molar-refractivity contribution in [1.29, 1.82) is 0 Å². The first-order valence-corrected chi connectivity index (χ1v) is 5.41. The summed E-state index contributed by atoms with van der Waals surface area (Å²) in [4.78, 5) is 26.4. The molecule has 4 N–H and O–H groups in total. The van der Waals surface area contributed by atoms with Crippen molar-refractivity contribution in [3.05, 3.63) is 11.6 Å². The molecule has 1 aromatic rings. The zero-order valence-corrected chi connectivity index (χ0v) is 10.2. The molecule has 1 atom stereocenters. The van der Waals surface area contributed by atoms with Gasteiger partial charge in [-0.3, -0.25) is 14.7 Å². The third-order valence-electron chi connectivity index (χ3n) is 2.14. The fraction of sp³-hybridized carbons (Fsp3) is 0.600. The average Bonchev–Trinajstić information content (AvgIpc) is 2.64. The van der Waals surface area contributed by atoms with E-state index in [0.29, 0.717) is 5.82 Å². The number of aromatic nitrogens is 3. The van der Waals surface area contributed by atoms with Gasteiger partial charge in [-0.15, -0.1) is 5.10 Å². The lowest BCUT2D eigenvalue weighted by molar-refractivity contribution is -0.118. The van der Waals surface area contributed by atoms with Crippen molar-refractivity contribution in [3.8, 4) is 0 Å². The van der Waals surface area contributed by atoms with E-state index in [1.54, 1.807) is 6.92 Å². The number of nitrogens with one attached hydrogen (secondary N) is 2. The van der Waals surface area contributed by atoms with Crippen molar-refractivity contribution >= 4 is 11.8 Å². The predicted molar refractivity (Wildman–Crippen MR) is 61.2 cm³/mol. The Morgan fingerprint density at radius 3 is 2.53 bits per heavy atom. The summed E-state index contributed by atoms with van der Waals surface area (Å²) in [5, 5.41) is 9.09. The highest BCUT2D eigenvalue weighted by Gasteiger charge is 2.16. The number of carbonyl (C=O) groups excluding carboxylic acids is 2. The maximum absolute atomic E-state index is 11.7. The van der Waals surface area contributed by atoms with Crippen molar-refractivity contribution in [2.75, 3.05) is 0 Å². The second-order valence-electron chi connectivity index (χ2n) is 4.24. The summed E-state index contributed by atoms with van der Waals surface area (Å²) < 4.78 is 0. The van der Waals surface area contributed by atoms with E-state index in [4.69, 9.17) is 5.73 Å². The van der Waals surface area contributed by atoms with Crippen molar-refractivity contribution in [2.45, 2.75) is 39.2 Å².